The zero-order valence-corrected chi connectivity index (χ0v) is 11.2. The molecular weight excluding hydrogens is 234 g/mol. The number of carboxylic acids is 1. The molecule has 0 spiro atoms. The van der Waals surface area contributed by atoms with Gasteiger partial charge in [-0.3, -0.25) is 0 Å². The minimum Gasteiger partial charge on any atom is -0.480 e. The van der Waals surface area contributed by atoms with E-state index in [9.17, 15) is 9.59 Å². The highest BCUT2D eigenvalue weighted by molar-refractivity contribution is 5.82. The van der Waals surface area contributed by atoms with Gasteiger partial charge in [-0.15, -0.1) is 0 Å². The molecule has 1 aliphatic rings. The fraction of sp³-hybridized carbons (Fsp3) is 0.833. The molecule has 1 heterocycles. The second-order valence-electron chi connectivity index (χ2n) is 4.77. The van der Waals surface area contributed by atoms with Crippen molar-refractivity contribution in [3.63, 3.8) is 0 Å². The monoisotopic (exact) mass is 257 g/mol. The topological polar surface area (TPSA) is 72.9 Å². The number of rotatable bonds is 5. The van der Waals surface area contributed by atoms with Gasteiger partial charge in [-0.25, -0.2) is 9.59 Å². The zero-order chi connectivity index (χ0) is 13.5. The van der Waals surface area contributed by atoms with E-state index in [-0.39, 0.29) is 6.03 Å². The second kappa shape index (κ2) is 7.20. The number of likely N-dealkylation sites (N-methyl/N-ethyl adjacent to an activating group) is 1. The molecule has 2 N–H and O–H groups in total. The zero-order valence-electron chi connectivity index (χ0n) is 11.2. The number of amides is 2. The first-order chi connectivity index (χ1) is 8.54. The van der Waals surface area contributed by atoms with Crippen LogP contribution in [0, 0.1) is 0 Å². The molecule has 0 saturated carbocycles. The standard InChI is InChI=1S/C12H23N3O3/c1-3-4-5-10(11(16)17)13-12(18)15-8-6-14(2)7-9-15/h10H,3-9H2,1-2H3,(H,13,18)(H,16,17)/t10-/m0/s1. The molecule has 18 heavy (non-hydrogen) atoms. The third-order valence-electron chi connectivity index (χ3n) is 3.23. The molecule has 0 aromatic heterocycles. The van der Waals surface area contributed by atoms with Gasteiger partial charge in [-0.05, 0) is 13.5 Å². The lowest BCUT2D eigenvalue weighted by Crippen LogP contribution is -2.53. The summed E-state index contributed by atoms with van der Waals surface area (Å²) >= 11 is 0. The van der Waals surface area contributed by atoms with Crippen molar-refractivity contribution in [2.75, 3.05) is 33.2 Å². The molecule has 1 atom stereocenters. The highest BCUT2D eigenvalue weighted by Crippen LogP contribution is 2.04. The maximum absolute atomic E-state index is 11.9. The highest BCUT2D eigenvalue weighted by atomic mass is 16.4. The first-order valence-corrected chi connectivity index (χ1v) is 6.51. The molecule has 2 amide bonds. The molecule has 1 aliphatic heterocycles. The fourth-order valence-corrected chi connectivity index (χ4v) is 1.92. The maximum Gasteiger partial charge on any atom is 0.326 e. The molecule has 1 rings (SSSR count). The summed E-state index contributed by atoms with van der Waals surface area (Å²) in [4.78, 5) is 26.8. The highest BCUT2D eigenvalue weighted by Gasteiger charge is 2.24. The summed E-state index contributed by atoms with van der Waals surface area (Å²) in [6.45, 7) is 4.98. The number of hydrogen-bond donors (Lipinski definition) is 2. The lowest BCUT2D eigenvalue weighted by atomic mass is 10.1. The van der Waals surface area contributed by atoms with Crippen LogP contribution in [0.3, 0.4) is 0 Å². The van der Waals surface area contributed by atoms with E-state index in [1.54, 1.807) is 4.90 Å². The molecule has 0 aliphatic carbocycles. The van der Waals surface area contributed by atoms with Crippen LogP contribution in [0.5, 0.6) is 0 Å². The number of carbonyl (C=O) groups is 2. The van der Waals surface area contributed by atoms with Gasteiger partial charge in [0.1, 0.15) is 6.04 Å². The molecule has 1 saturated heterocycles. The van der Waals surface area contributed by atoms with Gasteiger partial charge in [0, 0.05) is 26.2 Å². The Balaban J connectivity index is 2.42. The Labute approximate surface area is 108 Å². The Kier molecular flexibility index (Phi) is 5.91. The van der Waals surface area contributed by atoms with Crippen LogP contribution in [-0.2, 0) is 4.79 Å². The van der Waals surface area contributed by atoms with E-state index in [0.717, 1.165) is 25.9 Å². The van der Waals surface area contributed by atoms with Gasteiger partial charge in [0.05, 0.1) is 0 Å². The van der Waals surface area contributed by atoms with Gasteiger partial charge in [0.25, 0.3) is 0 Å². The molecule has 0 aromatic carbocycles. The second-order valence-corrected chi connectivity index (χ2v) is 4.77. The van der Waals surface area contributed by atoms with Crippen LogP contribution in [0.4, 0.5) is 4.79 Å². The summed E-state index contributed by atoms with van der Waals surface area (Å²) in [5.41, 5.74) is 0. The van der Waals surface area contributed by atoms with Crippen molar-refractivity contribution in [2.45, 2.75) is 32.2 Å². The van der Waals surface area contributed by atoms with Crippen molar-refractivity contribution in [1.29, 1.82) is 0 Å². The largest absolute Gasteiger partial charge is 0.480 e. The summed E-state index contributed by atoms with van der Waals surface area (Å²) in [7, 11) is 2.01. The lowest BCUT2D eigenvalue weighted by molar-refractivity contribution is -0.139. The van der Waals surface area contributed by atoms with Crippen LogP contribution >= 0.6 is 0 Å². The SMILES string of the molecule is CCCC[C@H](NC(=O)N1CCN(C)CC1)C(=O)O. The van der Waals surface area contributed by atoms with Gasteiger partial charge >= 0.3 is 12.0 Å². The number of urea groups is 1. The minimum atomic E-state index is -0.953. The van der Waals surface area contributed by atoms with Crippen LogP contribution in [0.15, 0.2) is 0 Å². The normalized spacial score (nSPS) is 18.4. The quantitative estimate of drug-likeness (QED) is 0.756. The van der Waals surface area contributed by atoms with Crippen LogP contribution < -0.4 is 5.32 Å². The van der Waals surface area contributed by atoms with E-state index in [4.69, 9.17) is 5.11 Å². The predicted molar refractivity (Wildman–Crippen MR) is 68.6 cm³/mol. The van der Waals surface area contributed by atoms with E-state index >= 15 is 0 Å². The molecule has 0 aromatic rings. The van der Waals surface area contributed by atoms with E-state index in [1.165, 1.54) is 0 Å². The Bertz CT molecular complexity index is 288. The molecular formula is C12H23N3O3. The maximum atomic E-state index is 11.9. The predicted octanol–water partition coefficient (Wildman–Crippen LogP) is 0.587. The number of piperazine rings is 1. The third kappa shape index (κ3) is 4.52. The van der Waals surface area contributed by atoms with Crippen molar-refractivity contribution in [2.24, 2.45) is 0 Å². The average molecular weight is 257 g/mol. The third-order valence-corrected chi connectivity index (χ3v) is 3.23. The van der Waals surface area contributed by atoms with E-state index < -0.39 is 12.0 Å². The van der Waals surface area contributed by atoms with Gasteiger partial charge in [0.2, 0.25) is 0 Å². The number of carbonyl (C=O) groups excluding carboxylic acids is 1. The van der Waals surface area contributed by atoms with Gasteiger partial charge < -0.3 is 20.2 Å². The van der Waals surface area contributed by atoms with E-state index in [2.05, 4.69) is 10.2 Å². The number of nitrogens with one attached hydrogen (secondary N) is 1. The van der Waals surface area contributed by atoms with Crippen LogP contribution in [0.1, 0.15) is 26.2 Å². The number of aliphatic carboxylic acids is 1. The Morgan fingerprint density at radius 2 is 1.89 bits per heavy atom. The van der Waals surface area contributed by atoms with Gasteiger partial charge in [-0.2, -0.15) is 0 Å². The molecule has 0 radical (unpaired) electrons. The summed E-state index contributed by atoms with van der Waals surface area (Å²) in [6.07, 6.45) is 2.22. The van der Waals surface area contributed by atoms with Crippen molar-refractivity contribution in [3.8, 4) is 0 Å². The first-order valence-electron chi connectivity index (χ1n) is 6.51. The summed E-state index contributed by atoms with van der Waals surface area (Å²) in [5, 5.41) is 11.7. The van der Waals surface area contributed by atoms with Crippen LogP contribution in [0.25, 0.3) is 0 Å². The average Bonchev–Trinajstić information content (AvgIpc) is 2.34. The smallest absolute Gasteiger partial charge is 0.326 e. The number of nitrogens with zero attached hydrogens (tertiary/aromatic N) is 2. The number of hydrogen-bond acceptors (Lipinski definition) is 3. The molecule has 0 unspecified atom stereocenters. The molecule has 0 bridgehead atoms. The Morgan fingerprint density at radius 3 is 2.39 bits per heavy atom. The molecule has 1 fully saturated rings. The minimum absolute atomic E-state index is 0.258. The van der Waals surface area contributed by atoms with Crippen LogP contribution in [-0.4, -0.2) is 66.2 Å². The number of carboxylic acid groups (broad SMARTS) is 1. The van der Waals surface area contributed by atoms with E-state index in [0.29, 0.717) is 19.5 Å². The molecule has 6 nitrogen and oxygen atoms in total. The van der Waals surface area contributed by atoms with Crippen LogP contribution in [0.2, 0.25) is 0 Å². The summed E-state index contributed by atoms with van der Waals surface area (Å²) < 4.78 is 0. The van der Waals surface area contributed by atoms with Crippen molar-refractivity contribution >= 4 is 12.0 Å². The Morgan fingerprint density at radius 1 is 1.28 bits per heavy atom. The van der Waals surface area contributed by atoms with Gasteiger partial charge in [0.15, 0.2) is 0 Å². The van der Waals surface area contributed by atoms with Crippen molar-refractivity contribution in [1.82, 2.24) is 15.1 Å². The molecule has 104 valence electrons. The molecule has 6 heteroatoms. The number of unbranched alkanes of at least 4 members (excludes halogenated alkanes) is 1. The van der Waals surface area contributed by atoms with Crippen molar-refractivity contribution in [3.05, 3.63) is 0 Å². The fourth-order valence-electron chi connectivity index (χ4n) is 1.92. The summed E-state index contributed by atoms with van der Waals surface area (Å²) in [6, 6.07) is -1.02. The van der Waals surface area contributed by atoms with E-state index in [1.807, 2.05) is 14.0 Å². The summed E-state index contributed by atoms with van der Waals surface area (Å²) in [5.74, 6) is -0.953. The first kappa shape index (κ1) is 14.8. The van der Waals surface area contributed by atoms with Gasteiger partial charge in [-0.1, -0.05) is 19.8 Å². The van der Waals surface area contributed by atoms with Crippen molar-refractivity contribution < 1.29 is 14.7 Å². The lowest BCUT2D eigenvalue weighted by Gasteiger charge is -2.33. The Hall–Kier alpha value is -1.30.